The van der Waals surface area contributed by atoms with E-state index in [1.165, 1.54) is 0 Å². The molecule has 0 radical (unpaired) electrons. The van der Waals surface area contributed by atoms with Crippen LogP contribution >= 0.6 is 11.6 Å². The Labute approximate surface area is 192 Å². The molecule has 0 saturated carbocycles. The quantitative estimate of drug-likeness (QED) is 0.489. The van der Waals surface area contributed by atoms with Crippen LogP contribution in [0.15, 0.2) is 72.4 Å². The number of ether oxygens (including phenoxy) is 1. The lowest BCUT2D eigenvalue weighted by atomic mass is 9.97. The van der Waals surface area contributed by atoms with Crippen molar-refractivity contribution in [3.8, 4) is 5.75 Å². The van der Waals surface area contributed by atoms with E-state index in [1.54, 1.807) is 24.3 Å². The molecule has 0 fully saturated rings. The molecule has 0 bridgehead atoms. The topological polar surface area (TPSA) is 58.6 Å². The van der Waals surface area contributed by atoms with E-state index >= 15 is 0 Å². The number of aryl methyl sites for hydroxylation is 2. The third kappa shape index (κ3) is 3.99. The van der Waals surface area contributed by atoms with Crippen LogP contribution in [0, 0.1) is 13.8 Å². The number of hydrogen-bond donors (Lipinski definition) is 1. The highest BCUT2D eigenvalue weighted by molar-refractivity contribution is 6.48. The van der Waals surface area contributed by atoms with Gasteiger partial charge in [-0.3, -0.25) is 9.59 Å². The van der Waals surface area contributed by atoms with Crippen molar-refractivity contribution in [1.82, 2.24) is 0 Å². The molecule has 0 aromatic heterocycles. The van der Waals surface area contributed by atoms with Gasteiger partial charge in [-0.05, 0) is 68.3 Å². The van der Waals surface area contributed by atoms with Crippen molar-refractivity contribution in [3.05, 3.63) is 94.1 Å². The van der Waals surface area contributed by atoms with Gasteiger partial charge in [-0.25, -0.2) is 4.90 Å². The zero-order chi connectivity index (χ0) is 22.8. The molecule has 6 heteroatoms. The molecule has 32 heavy (non-hydrogen) atoms. The normalized spacial score (nSPS) is 13.7. The Morgan fingerprint density at radius 2 is 1.66 bits per heavy atom. The molecule has 1 aliphatic heterocycles. The molecule has 0 spiro atoms. The number of amides is 2. The maximum absolute atomic E-state index is 13.6. The minimum Gasteiger partial charge on any atom is -0.494 e. The molecule has 1 aliphatic rings. The highest BCUT2D eigenvalue weighted by Gasteiger charge is 2.41. The summed E-state index contributed by atoms with van der Waals surface area (Å²) >= 11 is 6.34. The minimum atomic E-state index is -0.452. The molecule has 0 atom stereocenters. The van der Waals surface area contributed by atoms with Crippen LogP contribution in [0.3, 0.4) is 0 Å². The lowest BCUT2D eigenvalue weighted by Crippen LogP contribution is -2.32. The fourth-order valence-electron chi connectivity index (χ4n) is 3.79. The number of nitrogens with one attached hydrogen (secondary N) is 1. The molecule has 4 rings (SSSR count). The van der Waals surface area contributed by atoms with Crippen LogP contribution in [0.1, 0.15) is 23.6 Å². The van der Waals surface area contributed by atoms with E-state index in [0.29, 0.717) is 34.1 Å². The van der Waals surface area contributed by atoms with Crippen LogP contribution in [0.5, 0.6) is 5.75 Å². The van der Waals surface area contributed by atoms with E-state index in [4.69, 9.17) is 16.3 Å². The van der Waals surface area contributed by atoms with Gasteiger partial charge < -0.3 is 10.1 Å². The average molecular weight is 447 g/mol. The Morgan fingerprint density at radius 1 is 0.938 bits per heavy atom. The molecule has 162 valence electrons. The number of carbonyl (C=O) groups is 2. The molecule has 0 aliphatic carbocycles. The number of para-hydroxylation sites is 1. The number of hydrogen-bond acceptors (Lipinski definition) is 4. The van der Waals surface area contributed by atoms with Crippen LogP contribution in [0.2, 0.25) is 5.02 Å². The van der Waals surface area contributed by atoms with Gasteiger partial charge >= 0.3 is 0 Å². The van der Waals surface area contributed by atoms with E-state index in [-0.39, 0.29) is 5.70 Å². The Kier molecular flexibility index (Phi) is 6.01. The molecule has 0 unspecified atom stereocenters. The van der Waals surface area contributed by atoms with Crippen molar-refractivity contribution in [2.45, 2.75) is 20.8 Å². The van der Waals surface area contributed by atoms with Gasteiger partial charge in [0.15, 0.2) is 0 Å². The van der Waals surface area contributed by atoms with Crippen molar-refractivity contribution in [2.75, 3.05) is 16.8 Å². The number of anilines is 2. The van der Waals surface area contributed by atoms with Crippen LogP contribution in [-0.4, -0.2) is 18.4 Å². The van der Waals surface area contributed by atoms with Crippen molar-refractivity contribution < 1.29 is 14.3 Å². The molecule has 1 N–H and O–H groups in total. The monoisotopic (exact) mass is 446 g/mol. The third-order valence-corrected chi connectivity index (χ3v) is 5.58. The second kappa shape index (κ2) is 8.89. The van der Waals surface area contributed by atoms with Gasteiger partial charge in [0, 0.05) is 5.69 Å². The van der Waals surface area contributed by atoms with Gasteiger partial charge in [0.2, 0.25) is 0 Å². The molecule has 5 nitrogen and oxygen atoms in total. The summed E-state index contributed by atoms with van der Waals surface area (Å²) in [4.78, 5) is 28.2. The Bertz CT molecular complexity index is 1230. The largest absolute Gasteiger partial charge is 0.494 e. The number of benzene rings is 3. The first-order valence-electron chi connectivity index (χ1n) is 10.4. The van der Waals surface area contributed by atoms with Crippen LogP contribution in [0.4, 0.5) is 11.4 Å². The molecule has 2 amide bonds. The molecule has 3 aromatic rings. The lowest BCUT2D eigenvalue weighted by Gasteiger charge is -2.17. The third-order valence-electron chi connectivity index (χ3n) is 5.26. The maximum Gasteiger partial charge on any atom is 0.282 e. The average Bonchev–Trinajstić information content (AvgIpc) is 3.00. The predicted octanol–water partition coefficient (Wildman–Crippen LogP) is 5.75. The zero-order valence-electron chi connectivity index (χ0n) is 18.1. The predicted molar refractivity (Wildman–Crippen MR) is 128 cm³/mol. The highest BCUT2D eigenvalue weighted by atomic mass is 35.5. The minimum absolute atomic E-state index is 0.214. The SMILES string of the molecule is CCOc1ccc(NC2=C(c3ccc(C)cc3C)C(=O)N(c3ccccc3Cl)C2=O)cc1. The molecule has 3 aromatic carbocycles. The summed E-state index contributed by atoms with van der Waals surface area (Å²) in [7, 11) is 0. The fraction of sp³-hybridized carbons (Fsp3) is 0.154. The lowest BCUT2D eigenvalue weighted by molar-refractivity contribution is -0.120. The summed E-state index contributed by atoms with van der Waals surface area (Å²) < 4.78 is 5.49. The summed E-state index contributed by atoms with van der Waals surface area (Å²) in [5.74, 6) is -0.136. The van der Waals surface area contributed by atoms with Crippen LogP contribution in [-0.2, 0) is 9.59 Å². The summed E-state index contributed by atoms with van der Waals surface area (Å²) in [6.45, 7) is 6.40. The Balaban J connectivity index is 1.82. The van der Waals surface area contributed by atoms with E-state index in [1.807, 2.05) is 63.2 Å². The molecule has 0 saturated heterocycles. The summed E-state index contributed by atoms with van der Waals surface area (Å²) in [6.07, 6.45) is 0. The maximum atomic E-state index is 13.6. The van der Waals surface area contributed by atoms with Gasteiger partial charge in [-0.1, -0.05) is 47.5 Å². The number of carbonyl (C=O) groups excluding carboxylic acids is 2. The number of imide groups is 1. The first-order chi connectivity index (χ1) is 15.4. The molecule has 1 heterocycles. The number of halogens is 1. The van der Waals surface area contributed by atoms with Crippen molar-refractivity contribution in [3.63, 3.8) is 0 Å². The zero-order valence-corrected chi connectivity index (χ0v) is 18.9. The van der Waals surface area contributed by atoms with E-state index in [2.05, 4.69) is 5.32 Å². The van der Waals surface area contributed by atoms with Gasteiger partial charge in [0.05, 0.1) is 22.9 Å². The van der Waals surface area contributed by atoms with Gasteiger partial charge in [-0.15, -0.1) is 0 Å². The number of rotatable bonds is 6. The van der Waals surface area contributed by atoms with Crippen molar-refractivity contribution in [1.29, 1.82) is 0 Å². The first-order valence-corrected chi connectivity index (χ1v) is 10.7. The van der Waals surface area contributed by atoms with E-state index in [9.17, 15) is 9.59 Å². The summed E-state index contributed by atoms with van der Waals surface area (Å²) in [6, 6.07) is 19.9. The second-order valence-corrected chi connectivity index (χ2v) is 7.96. The van der Waals surface area contributed by atoms with Crippen molar-refractivity contribution >= 4 is 40.4 Å². The smallest absolute Gasteiger partial charge is 0.282 e. The Hall–Kier alpha value is -3.57. The first kappa shape index (κ1) is 21.7. The molecular weight excluding hydrogens is 424 g/mol. The van der Waals surface area contributed by atoms with Crippen LogP contribution < -0.4 is 15.0 Å². The van der Waals surface area contributed by atoms with Gasteiger partial charge in [0.25, 0.3) is 11.8 Å². The van der Waals surface area contributed by atoms with Gasteiger partial charge in [-0.2, -0.15) is 0 Å². The summed E-state index contributed by atoms with van der Waals surface area (Å²) in [5, 5.41) is 3.50. The standard InChI is InChI=1S/C26H23ClN2O3/c1-4-32-19-12-10-18(11-13-19)28-24-23(20-14-9-16(2)15-17(20)3)25(30)29(26(24)31)22-8-6-5-7-21(22)27/h5-15,28H,4H2,1-3H3. The Morgan fingerprint density at radius 3 is 2.31 bits per heavy atom. The van der Waals surface area contributed by atoms with E-state index in [0.717, 1.165) is 21.8 Å². The van der Waals surface area contributed by atoms with Crippen molar-refractivity contribution in [2.24, 2.45) is 0 Å². The highest BCUT2D eigenvalue weighted by Crippen LogP contribution is 2.37. The fourth-order valence-corrected chi connectivity index (χ4v) is 4.01. The van der Waals surface area contributed by atoms with Crippen LogP contribution in [0.25, 0.3) is 5.57 Å². The van der Waals surface area contributed by atoms with E-state index < -0.39 is 11.8 Å². The summed E-state index contributed by atoms with van der Waals surface area (Å²) in [5.41, 5.74) is 4.26. The second-order valence-electron chi connectivity index (χ2n) is 7.55. The number of nitrogens with zero attached hydrogens (tertiary/aromatic N) is 1. The molecular formula is C26H23ClN2O3. The van der Waals surface area contributed by atoms with Gasteiger partial charge in [0.1, 0.15) is 11.4 Å².